The number of imide groups is 1. The summed E-state index contributed by atoms with van der Waals surface area (Å²) < 4.78 is 0. The Labute approximate surface area is 183 Å². The number of hydrogen-bond acceptors (Lipinski definition) is 3. The van der Waals surface area contributed by atoms with Crippen LogP contribution >= 0.6 is 23.2 Å². The molecular formula is C24H13Cl2NO3. The van der Waals surface area contributed by atoms with E-state index in [0.717, 1.165) is 4.90 Å². The maximum absolute atomic E-state index is 13.0. The monoisotopic (exact) mass is 433 g/mol. The first-order chi connectivity index (χ1) is 14.5. The summed E-state index contributed by atoms with van der Waals surface area (Å²) in [5.74, 6) is 4.64. The molecule has 4 rings (SSSR count). The zero-order valence-corrected chi connectivity index (χ0v) is 17.0. The first-order valence-corrected chi connectivity index (χ1v) is 9.76. The van der Waals surface area contributed by atoms with Crippen LogP contribution in [0.5, 0.6) is 0 Å². The first kappa shape index (κ1) is 19.9. The lowest BCUT2D eigenvalue weighted by molar-refractivity contribution is 0.0674. The van der Waals surface area contributed by atoms with Gasteiger partial charge in [-0.1, -0.05) is 59.3 Å². The molecule has 146 valence electrons. The number of amides is 2. The minimum Gasteiger partial charge on any atom is -0.289 e. The highest BCUT2D eigenvalue weighted by Crippen LogP contribution is 2.24. The summed E-state index contributed by atoms with van der Waals surface area (Å²) in [5, 5.41) is 0.712. The average molecular weight is 434 g/mol. The van der Waals surface area contributed by atoms with Crippen LogP contribution in [0.2, 0.25) is 10.0 Å². The summed E-state index contributed by atoms with van der Waals surface area (Å²) >= 11 is 12.2. The van der Waals surface area contributed by atoms with Gasteiger partial charge in [0.25, 0.3) is 11.8 Å². The quantitative estimate of drug-likeness (QED) is 0.336. The number of fused-ring (bicyclic) bond motifs is 1. The van der Waals surface area contributed by atoms with Crippen molar-refractivity contribution in [3.8, 4) is 11.8 Å². The predicted molar refractivity (Wildman–Crippen MR) is 115 cm³/mol. The second-order valence-corrected chi connectivity index (χ2v) is 7.39. The van der Waals surface area contributed by atoms with Gasteiger partial charge in [0.2, 0.25) is 0 Å². The summed E-state index contributed by atoms with van der Waals surface area (Å²) in [6, 6.07) is 18.1. The molecule has 1 aliphatic heterocycles. The molecule has 1 aliphatic rings. The SMILES string of the molecule is O=C(c1ccccc1Cl)c1cc(Cl)ccc1C#CCN1C(=O)c2ccccc2C1=O. The zero-order valence-electron chi connectivity index (χ0n) is 15.5. The third kappa shape index (κ3) is 3.61. The van der Waals surface area contributed by atoms with Gasteiger partial charge in [0.05, 0.1) is 22.7 Å². The number of halogens is 2. The van der Waals surface area contributed by atoms with Crippen LogP contribution in [0.1, 0.15) is 42.2 Å². The van der Waals surface area contributed by atoms with Crippen molar-refractivity contribution in [3.05, 3.63) is 105 Å². The molecule has 0 bridgehead atoms. The summed E-state index contributed by atoms with van der Waals surface area (Å²) in [4.78, 5) is 39.0. The molecule has 0 N–H and O–H groups in total. The fourth-order valence-electron chi connectivity index (χ4n) is 3.20. The van der Waals surface area contributed by atoms with E-state index in [0.29, 0.717) is 37.9 Å². The van der Waals surface area contributed by atoms with Crippen LogP contribution in [0.25, 0.3) is 0 Å². The molecule has 0 aliphatic carbocycles. The molecule has 4 nitrogen and oxygen atoms in total. The average Bonchev–Trinajstić information content (AvgIpc) is 2.99. The molecule has 0 radical (unpaired) electrons. The van der Waals surface area contributed by atoms with Crippen LogP contribution in [-0.4, -0.2) is 29.0 Å². The molecule has 6 heteroatoms. The largest absolute Gasteiger partial charge is 0.289 e. The van der Waals surface area contributed by atoms with Crippen molar-refractivity contribution in [3.63, 3.8) is 0 Å². The highest BCUT2D eigenvalue weighted by Gasteiger charge is 2.34. The normalized spacial score (nSPS) is 12.4. The number of carbonyl (C=O) groups is 3. The lowest BCUT2D eigenvalue weighted by atomic mass is 9.98. The van der Waals surface area contributed by atoms with E-state index in [2.05, 4.69) is 11.8 Å². The van der Waals surface area contributed by atoms with E-state index in [1.165, 1.54) is 6.07 Å². The number of benzene rings is 3. The molecule has 30 heavy (non-hydrogen) atoms. The van der Waals surface area contributed by atoms with Gasteiger partial charge in [0.15, 0.2) is 5.78 Å². The maximum atomic E-state index is 13.0. The lowest BCUT2D eigenvalue weighted by Crippen LogP contribution is -2.30. The van der Waals surface area contributed by atoms with Gasteiger partial charge in [-0.05, 0) is 42.5 Å². The molecular weight excluding hydrogens is 421 g/mol. The van der Waals surface area contributed by atoms with Crippen LogP contribution in [0, 0.1) is 11.8 Å². The van der Waals surface area contributed by atoms with Crippen LogP contribution in [0.15, 0.2) is 66.7 Å². The Morgan fingerprint density at radius 3 is 2.13 bits per heavy atom. The van der Waals surface area contributed by atoms with Crippen molar-refractivity contribution in [2.45, 2.75) is 0 Å². The number of ketones is 1. The zero-order chi connectivity index (χ0) is 21.3. The fourth-order valence-corrected chi connectivity index (χ4v) is 3.59. The van der Waals surface area contributed by atoms with E-state index in [4.69, 9.17) is 23.2 Å². The molecule has 2 amide bonds. The third-order valence-electron chi connectivity index (χ3n) is 4.68. The van der Waals surface area contributed by atoms with Crippen molar-refractivity contribution in [2.75, 3.05) is 6.54 Å². The maximum Gasteiger partial charge on any atom is 0.262 e. The number of rotatable bonds is 3. The molecule has 0 unspecified atom stereocenters. The van der Waals surface area contributed by atoms with Gasteiger partial charge < -0.3 is 0 Å². The van der Waals surface area contributed by atoms with Crippen LogP contribution in [0.3, 0.4) is 0 Å². The fraction of sp³-hybridized carbons (Fsp3) is 0.0417. The summed E-state index contributed by atoms with van der Waals surface area (Å²) in [6.45, 7) is -0.0886. The van der Waals surface area contributed by atoms with Gasteiger partial charge in [0.1, 0.15) is 0 Å². The lowest BCUT2D eigenvalue weighted by Gasteiger charge is -2.09. The van der Waals surface area contributed by atoms with E-state index >= 15 is 0 Å². The first-order valence-electron chi connectivity index (χ1n) is 9.00. The second-order valence-electron chi connectivity index (χ2n) is 6.54. The van der Waals surface area contributed by atoms with Crippen molar-refractivity contribution in [1.82, 2.24) is 4.90 Å². The molecule has 3 aromatic carbocycles. The van der Waals surface area contributed by atoms with Crippen molar-refractivity contribution < 1.29 is 14.4 Å². The topological polar surface area (TPSA) is 54.5 Å². The third-order valence-corrected chi connectivity index (χ3v) is 5.25. The Morgan fingerprint density at radius 2 is 1.47 bits per heavy atom. The highest BCUT2D eigenvalue weighted by atomic mass is 35.5. The van der Waals surface area contributed by atoms with Crippen LogP contribution in [-0.2, 0) is 0 Å². The molecule has 3 aromatic rings. The van der Waals surface area contributed by atoms with Gasteiger partial charge >= 0.3 is 0 Å². The molecule has 0 fully saturated rings. The van der Waals surface area contributed by atoms with Gasteiger partial charge in [-0.3, -0.25) is 19.3 Å². The molecule has 0 aromatic heterocycles. The molecule has 0 saturated heterocycles. The Balaban J connectivity index is 1.63. The Hall–Kier alpha value is -3.39. The Bertz CT molecular complexity index is 1240. The Kier molecular flexibility index (Phi) is 5.41. The summed E-state index contributed by atoms with van der Waals surface area (Å²) in [6.07, 6.45) is 0. The van der Waals surface area contributed by atoms with Crippen molar-refractivity contribution in [1.29, 1.82) is 0 Å². The predicted octanol–water partition coefficient (Wildman–Crippen LogP) is 4.87. The number of hydrogen-bond donors (Lipinski definition) is 0. The summed E-state index contributed by atoms with van der Waals surface area (Å²) in [7, 11) is 0. The van der Waals surface area contributed by atoms with E-state index in [1.54, 1.807) is 60.7 Å². The Morgan fingerprint density at radius 1 is 0.833 bits per heavy atom. The minimum atomic E-state index is -0.381. The minimum absolute atomic E-state index is 0.0886. The number of carbonyl (C=O) groups excluding carboxylic acids is 3. The van der Waals surface area contributed by atoms with Gasteiger partial charge in [-0.15, -0.1) is 0 Å². The number of nitrogens with zero attached hydrogens (tertiary/aromatic N) is 1. The van der Waals surface area contributed by atoms with Crippen LogP contribution in [0.4, 0.5) is 0 Å². The molecule has 0 atom stereocenters. The smallest absolute Gasteiger partial charge is 0.262 e. The standard InChI is InChI=1S/C24H13Cl2NO3/c25-16-12-11-15(20(14-16)22(28)19-9-3-4-10-21(19)26)6-5-13-27-23(29)17-7-1-2-8-18(17)24(27)30/h1-4,7-12,14H,13H2. The molecule has 0 spiro atoms. The van der Waals surface area contributed by atoms with Crippen LogP contribution < -0.4 is 0 Å². The summed E-state index contributed by atoms with van der Waals surface area (Å²) in [5.41, 5.74) is 1.80. The van der Waals surface area contributed by atoms with Gasteiger partial charge in [-0.2, -0.15) is 0 Å². The van der Waals surface area contributed by atoms with E-state index in [-0.39, 0.29) is 24.1 Å². The van der Waals surface area contributed by atoms with Crippen molar-refractivity contribution in [2.24, 2.45) is 0 Å². The van der Waals surface area contributed by atoms with E-state index < -0.39 is 0 Å². The molecule has 0 saturated carbocycles. The van der Waals surface area contributed by atoms with E-state index in [9.17, 15) is 14.4 Å². The van der Waals surface area contributed by atoms with Crippen molar-refractivity contribution >= 4 is 40.8 Å². The van der Waals surface area contributed by atoms with E-state index in [1.807, 2.05) is 0 Å². The van der Waals surface area contributed by atoms with Gasteiger partial charge in [-0.25, -0.2) is 0 Å². The van der Waals surface area contributed by atoms with Gasteiger partial charge in [0, 0.05) is 21.7 Å². The molecule has 1 heterocycles. The second kappa shape index (κ2) is 8.16. The highest BCUT2D eigenvalue weighted by molar-refractivity contribution is 6.35.